The molecule has 0 saturated heterocycles. The van der Waals surface area contributed by atoms with Gasteiger partial charge < -0.3 is 10.2 Å². The molecule has 12 heteroatoms. The van der Waals surface area contributed by atoms with Crippen LogP contribution in [0.3, 0.4) is 0 Å². The predicted octanol–water partition coefficient (Wildman–Crippen LogP) is 5.31. The lowest BCUT2D eigenvalue weighted by Gasteiger charge is -2.33. The summed E-state index contributed by atoms with van der Waals surface area (Å²) in [5.41, 5.74) is 0.272. The van der Waals surface area contributed by atoms with E-state index < -0.39 is 33.4 Å². The van der Waals surface area contributed by atoms with Crippen molar-refractivity contribution in [3.8, 4) is 0 Å². The monoisotopic (exact) mass is 612 g/mol. The standard InChI is InChI=1S/C30H33ClN4O6S/c1-22(30(37)32-25-12-4-2-5-13-25)33(20-23-10-8-11-24(31)18-23)29(36)21-34(26-14-9-15-27(19-26)35(38)39)42(40,41)28-16-6-3-7-17-28/h3,6-11,14-19,22,25H,2,4-5,12-13,20-21H2,1H3,(H,32,37). The fraction of sp³-hybridized carbons (Fsp3) is 0.333. The van der Waals surface area contributed by atoms with Gasteiger partial charge in [0.25, 0.3) is 15.7 Å². The smallest absolute Gasteiger partial charge is 0.271 e. The van der Waals surface area contributed by atoms with Crippen LogP contribution in [0.5, 0.6) is 0 Å². The number of sulfonamides is 1. The molecule has 3 aromatic carbocycles. The first-order chi connectivity index (χ1) is 20.1. The van der Waals surface area contributed by atoms with E-state index in [9.17, 15) is 28.1 Å². The van der Waals surface area contributed by atoms with E-state index in [0.29, 0.717) is 10.6 Å². The van der Waals surface area contributed by atoms with E-state index in [1.165, 1.54) is 35.2 Å². The Labute approximate surface area is 250 Å². The van der Waals surface area contributed by atoms with E-state index in [1.54, 1.807) is 49.4 Å². The van der Waals surface area contributed by atoms with Gasteiger partial charge in [-0.3, -0.25) is 24.0 Å². The Balaban J connectivity index is 1.70. The Morgan fingerprint density at radius 3 is 2.36 bits per heavy atom. The molecule has 3 aromatic rings. The molecule has 1 saturated carbocycles. The van der Waals surface area contributed by atoms with Gasteiger partial charge in [-0.2, -0.15) is 0 Å². The molecule has 0 radical (unpaired) electrons. The van der Waals surface area contributed by atoms with Crippen molar-refractivity contribution in [1.29, 1.82) is 0 Å². The molecule has 42 heavy (non-hydrogen) atoms. The number of benzene rings is 3. The van der Waals surface area contributed by atoms with Gasteiger partial charge in [-0.25, -0.2) is 8.42 Å². The lowest BCUT2D eigenvalue weighted by molar-refractivity contribution is -0.384. The molecule has 10 nitrogen and oxygen atoms in total. The van der Waals surface area contributed by atoms with Crippen molar-refractivity contribution in [3.63, 3.8) is 0 Å². The molecular weight excluding hydrogens is 580 g/mol. The third-order valence-electron chi connectivity index (χ3n) is 7.30. The van der Waals surface area contributed by atoms with Crippen LogP contribution in [0.1, 0.15) is 44.6 Å². The summed E-state index contributed by atoms with van der Waals surface area (Å²) in [4.78, 5) is 39.5. The summed E-state index contributed by atoms with van der Waals surface area (Å²) in [5.74, 6) is -1.00. The number of nitro benzene ring substituents is 1. The number of carbonyl (C=O) groups excluding carboxylic acids is 2. The number of nitrogens with one attached hydrogen (secondary N) is 1. The van der Waals surface area contributed by atoms with Crippen molar-refractivity contribution >= 4 is 44.8 Å². The largest absolute Gasteiger partial charge is 0.352 e. The quantitative estimate of drug-likeness (QED) is 0.231. The van der Waals surface area contributed by atoms with Gasteiger partial charge in [0, 0.05) is 29.7 Å². The first-order valence-corrected chi connectivity index (χ1v) is 15.5. The number of anilines is 1. The van der Waals surface area contributed by atoms with Crippen molar-refractivity contribution in [2.24, 2.45) is 0 Å². The summed E-state index contributed by atoms with van der Waals surface area (Å²) in [6.07, 6.45) is 4.86. The van der Waals surface area contributed by atoms with Crippen LogP contribution >= 0.6 is 11.6 Å². The molecule has 222 valence electrons. The van der Waals surface area contributed by atoms with Crippen LogP contribution in [0.15, 0.2) is 83.8 Å². The van der Waals surface area contributed by atoms with Gasteiger partial charge >= 0.3 is 0 Å². The van der Waals surface area contributed by atoms with E-state index in [-0.39, 0.29) is 34.8 Å². The fourth-order valence-electron chi connectivity index (χ4n) is 4.99. The second-order valence-electron chi connectivity index (χ2n) is 10.3. The molecule has 1 fully saturated rings. The number of halogens is 1. The molecule has 1 atom stereocenters. The number of rotatable bonds is 11. The van der Waals surface area contributed by atoms with E-state index in [0.717, 1.165) is 42.5 Å². The van der Waals surface area contributed by atoms with Crippen molar-refractivity contribution in [1.82, 2.24) is 10.2 Å². The molecule has 0 heterocycles. The zero-order chi connectivity index (χ0) is 30.3. The molecule has 1 N–H and O–H groups in total. The molecule has 0 aromatic heterocycles. The number of nitro groups is 1. The minimum atomic E-state index is -4.33. The molecule has 4 rings (SSSR count). The summed E-state index contributed by atoms with van der Waals surface area (Å²) in [7, 11) is -4.33. The third-order valence-corrected chi connectivity index (χ3v) is 9.32. The maximum Gasteiger partial charge on any atom is 0.271 e. The van der Waals surface area contributed by atoms with Crippen LogP contribution in [0.25, 0.3) is 0 Å². The predicted molar refractivity (Wildman–Crippen MR) is 161 cm³/mol. The number of amides is 2. The number of hydrogen-bond donors (Lipinski definition) is 1. The van der Waals surface area contributed by atoms with E-state index in [4.69, 9.17) is 11.6 Å². The fourth-order valence-corrected chi connectivity index (χ4v) is 6.63. The van der Waals surface area contributed by atoms with E-state index in [1.807, 2.05) is 0 Å². The number of nitrogens with zero attached hydrogens (tertiary/aromatic N) is 3. The van der Waals surface area contributed by atoms with Crippen molar-refractivity contribution in [3.05, 3.63) is 99.6 Å². The summed E-state index contributed by atoms with van der Waals surface area (Å²) in [6.45, 7) is 0.900. The summed E-state index contributed by atoms with van der Waals surface area (Å²) >= 11 is 6.19. The van der Waals surface area contributed by atoms with Gasteiger partial charge in [0.05, 0.1) is 15.5 Å². The molecule has 0 spiro atoms. The summed E-state index contributed by atoms with van der Waals surface area (Å²) in [6, 6.07) is 18.5. The molecule has 0 bridgehead atoms. The average Bonchev–Trinajstić information content (AvgIpc) is 2.99. The van der Waals surface area contributed by atoms with Crippen LogP contribution in [0.2, 0.25) is 5.02 Å². The lowest BCUT2D eigenvalue weighted by Crippen LogP contribution is -2.53. The highest BCUT2D eigenvalue weighted by Crippen LogP contribution is 2.28. The van der Waals surface area contributed by atoms with Gasteiger partial charge in [-0.1, -0.05) is 67.3 Å². The molecule has 1 aliphatic rings. The normalized spacial score (nSPS) is 14.5. The second kappa shape index (κ2) is 13.8. The first-order valence-electron chi connectivity index (χ1n) is 13.7. The average molecular weight is 613 g/mol. The summed E-state index contributed by atoms with van der Waals surface area (Å²) in [5, 5.41) is 15.0. The van der Waals surface area contributed by atoms with Gasteiger partial charge in [-0.15, -0.1) is 0 Å². The number of hydrogen-bond acceptors (Lipinski definition) is 6. The number of non-ortho nitro benzene ring substituents is 1. The van der Waals surface area contributed by atoms with E-state index >= 15 is 0 Å². The maximum absolute atomic E-state index is 14.0. The van der Waals surface area contributed by atoms with Crippen molar-refractivity contribution in [2.45, 2.75) is 62.6 Å². The highest BCUT2D eigenvalue weighted by Gasteiger charge is 2.33. The van der Waals surface area contributed by atoms with Crippen LogP contribution in [-0.2, 0) is 26.2 Å². The van der Waals surface area contributed by atoms with Crippen LogP contribution in [0.4, 0.5) is 11.4 Å². The summed E-state index contributed by atoms with van der Waals surface area (Å²) < 4.78 is 28.5. The molecule has 1 aliphatic carbocycles. The van der Waals surface area contributed by atoms with Crippen molar-refractivity contribution < 1.29 is 22.9 Å². The Bertz CT molecular complexity index is 1530. The zero-order valence-corrected chi connectivity index (χ0v) is 24.8. The molecular formula is C30H33ClN4O6S. The highest BCUT2D eigenvalue weighted by molar-refractivity contribution is 7.92. The Hall–Kier alpha value is -3.96. The first kappa shape index (κ1) is 31.0. The van der Waals surface area contributed by atoms with Crippen molar-refractivity contribution in [2.75, 3.05) is 10.8 Å². The zero-order valence-electron chi connectivity index (χ0n) is 23.2. The van der Waals surface area contributed by atoms with Gasteiger partial charge in [-0.05, 0) is 55.7 Å². The maximum atomic E-state index is 14.0. The topological polar surface area (TPSA) is 130 Å². The van der Waals surface area contributed by atoms with Gasteiger partial charge in [0.1, 0.15) is 12.6 Å². The van der Waals surface area contributed by atoms with Crippen LogP contribution in [0, 0.1) is 10.1 Å². The SMILES string of the molecule is CC(C(=O)NC1CCCCC1)N(Cc1cccc(Cl)c1)C(=O)CN(c1cccc([N+](=O)[O-])c1)S(=O)(=O)c1ccccc1. The Morgan fingerprint density at radius 1 is 1.00 bits per heavy atom. The Morgan fingerprint density at radius 2 is 1.69 bits per heavy atom. The Kier molecular flexibility index (Phi) is 10.2. The highest BCUT2D eigenvalue weighted by atomic mass is 35.5. The van der Waals surface area contributed by atoms with Gasteiger partial charge in [0.15, 0.2) is 0 Å². The minimum absolute atomic E-state index is 0.00713. The van der Waals surface area contributed by atoms with Crippen LogP contribution < -0.4 is 9.62 Å². The molecule has 1 unspecified atom stereocenters. The number of carbonyl (C=O) groups is 2. The van der Waals surface area contributed by atoms with Crippen LogP contribution in [-0.4, -0.2) is 48.7 Å². The van der Waals surface area contributed by atoms with E-state index in [2.05, 4.69) is 5.32 Å². The lowest BCUT2D eigenvalue weighted by atomic mass is 9.95. The third kappa shape index (κ3) is 7.65. The molecule has 2 amide bonds. The molecule has 0 aliphatic heterocycles. The van der Waals surface area contributed by atoms with Gasteiger partial charge in [0.2, 0.25) is 11.8 Å². The minimum Gasteiger partial charge on any atom is -0.352 e. The second-order valence-corrected chi connectivity index (χ2v) is 12.6.